The zero-order valence-corrected chi connectivity index (χ0v) is 16.8. The van der Waals surface area contributed by atoms with Crippen LogP contribution in [0.3, 0.4) is 0 Å². The van der Waals surface area contributed by atoms with Crippen LogP contribution >= 0.6 is 0 Å². The van der Waals surface area contributed by atoms with Crippen molar-refractivity contribution in [1.82, 2.24) is 10.2 Å². The van der Waals surface area contributed by atoms with Crippen molar-refractivity contribution in [3.05, 3.63) is 75.5 Å². The molecule has 0 aliphatic carbocycles. The van der Waals surface area contributed by atoms with Crippen molar-refractivity contribution >= 4 is 11.6 Å². The topological polar surface area (TPSA) is 82.2 Å². The molecule has 0 unspecified atom stereocenters. The Balaban J connectivity index is 1.79. The minimum atomic E-state index is 0.0403. The number of hydrogen-bond acceptors (Lipinski definition) is 4. The summed E-state index contributed by atoms with van der Waals surface area (Å²) < 4.78 is 0. The average molecular weight is 374 g/mol. The second kappa shape index (κ2) is 7.77. The van der Waals surface area contributed by atoms with Crippen molar-refractivity contribution in [1.29, 1.82) is 5.26 Å². The predicted molar refractivity (Wildman–Crippen MR) is 112 cm³/mol. The lowest BCUT2D eigenvalue weighted by atomic mass is 9.89. The second-order valence-corrected chi connectivity index (χ2v) is 7.41. The van der Waals surface area contributed by atoms with E-state index in [1.807, 2.05) is 69.1 Å². The van der Waals surface area contributed by atoms with Gasteiger partial charge in [0.15, 0.2) is 0 Å². The molecule has 3 rings (SSSR count). The number of amides is 1. The van der Waals surface area contributed by atoms with Crippen LogP contribution in [0, 0.1) is 25.2 Å². The van der Waals surface area contributed by atoms with Gasteiger partial charge >= 0.3 is 0 Å². The first-order chi connectivity index (χ1) is 13.3. The van der Waals surface area contributed by atoms with E-state index in [-0.39, 0.29) is 5.91 Å². The van der Waals surface area contributed by atoms with Crippen molar-refractivity contribution < 1.29 is 4.79 Å². The highest BCUT2D eigenvalue weighted by Gasteiger charge is 2.33. The van der Waals surface area contributed by atoms with E-state index in [1.54, 1.807) is 0 Å². The maximum absolute atomic E-state index is 13.1. The first-order valence-corrected chi connectivity index (χ1v) is 9.40. The van der Waals surface area contributed by atoms with E-state index in [0.717, 1.165) is 22.4 Å². The van der Waals surface area contributed by atoms with Crippen molar-refractivity contribution in [2.45, 2.75) is 26.7 Å². The second-order valence-electron chi connectivity index (χ2n) is 7.41. The number of aryl methyl sites for hydroxylation is 2. The van der Waals surface area contributed by atoms with E-state index in [1.165, 1.54) is 5.56 Å². The Kier molecular flexibility index (Phi) is 5.41. The smallest absolute Gasteiger partial charge is 0.254 e. The lowest BCUT2D eigenvalue weighted by Crippen LogP contribution is -2.48. The first kappa shape index (κ1) is 19.5. The molecule has 0 radical (unpaired) electrons. The summed E-state index contributed by atoms with van der Waals surface area (Å²) in [6.07, 6.45) is 0. The highest BCUT2D eigenvalue weighted by molar-refractivity contribution is 5.97. The normalized spacial score (nSPS) is 14.8. The standard InChI is InChI=1S/C23H26N4O/c1-14-9-15(2)21(10-20(14)22(25)16(3)26-4)23(28)27-12-19(13-27)18-7-5-17(11-24)6-8-18/h5-10,19,26H,12-13,25H2,1-4H3/b22-16-. The van der Waals surface area contributed by atoms with Gasteiger partial charge in [-0.1, -0.05) is 18.2 Å². The van der Waals surface area contributed by atoms with E-state index >= 15 is 0 Å². The fourth-order valence-electron chi connectivity index (χ4n) is 3.56. The van der Waals surface area contributed by atoms with Gasteiger partial charge in [-0.2, -0.15) is 5.26 Å². The van der Waals surface area contributed by atoms with Crippen molar-refractivity contribution in [2.75, 3.05) is 20.1 Å². The number of hydrogen-bond donors (Lipinski definition) is 2. The fraction of sp³-hybridized carbons (Fsp3) is 0.304. The molecule has 5 nitrogen and oxygen atoms in total. The Morgan fingerprint density at radius 1 is 1.14 bits per heavy atom. The summed E-state index contributed by atoms with van der Waals surface area (Å²) in [6.45, 7) is 7.28. The van der Waals surface area contributed by atoms with Gasteiger partial charge in [0.1, 0.15) is 0 Å². The van der Waals surface area contributed by atoms with Gasteiger partial charge in [-0.3, -0.25) is 4.79 Å². The maximum Gasteiger partial charge on any atom is 0.254 e. The molecule has 2 aromatic carbocycles. The number of nitriles is 1. The van der Waals surface area contributed by atoms with Crippen LogP contribution in [-0.4, -0.2) is 30.9 Å². The molecule has 2 aromatic rings. The third-order valence-corrected chi connectivity index (χ3v) is 5.55. The number of benzene rings is 2. The summed E-state index contributed by atoms with van der Waals surface area (Å²) in [4.78, 5) is 14.9. The molecule has 1 heterocycles. The summed E-state index contributed by atoms with van der Waals surface area (Å²) in [7, 11) is 1.83. The molecule has 1 aliphatic rings. The Hall–Kier alpha value is -3.26. The SMILES string of the molecule is CN/C(C)=C(\N)c1cc(C(=O)N2CC(c3ccc(C#N)cc3)C2)c(C)cc1C. The van der Waals surface area contributed by atoms with Crippen molar-refractivity contribution in [3.8, 4) is 6.07 Å². The Morgan fingerprint density at radius 2 is 1.75 bits per heavy atom. The van der Waals surface area contributed by atoms with Gasteiger partial charge in [0.05, 0.1) is 17.3 Å². The minimum absolute atomic E-state index is 0.0403. The molecular formula is C23H26N4O. The number of rotatable bonds is 4. The molecule has 144 valence electrons. The third kappa shape index (κ3) is 3.59. The van der Waals surface area contributed by atoms with Crippen LogP contribution < -0.4 is 11.1 Å². The molecule has 0 aromatic heterocycles. The van der Waals surface area contributed by atoms with Crippen LogP contribution in [0.25, 0.3) is 5.70 Å². The quantitative estimate of drug-likeness (QED) is 0.860. The lowest BCUT2D eigenvalue weighted by Gasteiger charge is -2.40. The van der Waals surface area contributed by atoms with Crippen molar-refractivity contribution in [2.24, 2.45) is 5.73 Å². The molecule has 1 fully saturated rings. The molecule has 0 saturated carbocycles. The molecular weight excluding hydrogens is 348 g/mol. The predicted octanol–water partition coefficient (Wildman–Crippen LogP) is 3.28. The molecule has 0 spiro atoms. The summed E-state index contributed by atoms with van der Waals surface area (Å²) in [5.74, 6) is 0.358. The maximum atomic E-state index is 13.1. The number of nitrogens with one attached hydrogen (secondary N) is 1. The van der Waals surface area contributed by atoms with E-state index in [9.17, 15) is 4.79 Å². The molecule has 3 N–H and O–H groups in total. The van der Waals surface area contributed by atoms with Gasteiger partial charge in [0, 0.05) is 42.9 Å². The molecule has 5 heteroatoms. The third-order valence-electron chi connectivity index (χ3n) is 5.55. The van der Waals surface area contributed by atoms with E-state index in [4.69, 9.17) is 11.0 Å². The highest BCUT2D eigenvalue weighted by atomic mass is 16.2. The number of allylic oxidation sites excluding steroid dienone is 1. The molecule has 0 atom stereocenters. The van der Waals surface area contributed by atoms with E-state index in [2.05, 4.69) is 11.4 Å². The first-order valence-electron chi connectivity index (χ1n) is 9.40. The number of carbonyl (C=O) groups excluding carboxylic acids is 1. The highest BCUT2D eigenvalue weighted by Crippen LogP contribution is 2.30. The summed E-state index contributed by atoms with van der Waals surface area (Å²) in [6, 6.07) is 13.7. The van der Waals surface area contributed by atoms with Crippen LogP contribution in [0.15, 0.2) is 42.1 Å². The Labute approximate surface area is 166 Å². The van der Waals surface area contributed by atoms with Crippen LogP contribution in [0.4, 0.5) is 0 Å². The molecule has 28 heavy (non-hydrogen) atoms. The van der Waals surface area contributed by atoms with E-state index < -0.39 is 0 Å². The van der Waals surface area contributed by atoms with Gasteiger partial charge in [0.25, 0.3) is 5.91 Å². The van der Waals surface area contributed by atoms with Gasteiger partial charge in [-0.05, 0) is 55.7 Å². The Bertz CT molecular complexity index is 977. The van der Waals surface area contributed by atoms with Crippen LogP contribution in [0.5, 0.6) is 0 Å². The molecule has 0 bridgehead atoms. The lowest BCUT2D eigenvalue weighted by molar-refractivity contribution is 0.0601. The van der Waals surface area contributed by atoms with Gasteiger partial charge in [-0.15, -0.1) is 0 Å². The van der Waals surface area contributed by atoms with Gasteiger partial charge in [0.2, 0.25) is 0 Å². The monoisotopic (exact) mass is 374 g/mol. The van der Waals surface area contributed by atoms with E-state index in [0.29, 0.717) is 35.8 Å². The summed E-state index contributed by atoms with van der Waals surface area (Å²) in [5.41, 5.74) is 13.3. The summed E-state index contributed by atoms with van der Waals surface area (Å²) >= 11 is 0. The van der Waals surface area contributed by atoms with Crippen LogP contribution in [0.2, 0.25) is 0 Å². The fourth-order valence-corrected chi connectivity index (χ4v) is 3.56. The molecule has 1 aliphatic heterocycles. The zero-order chi connectivity index (χ0) is 20.4. The minimum Gasteiger partial charge on any atom is -0.397 e. The number of nitrogens with two attached hydrogens (primary N) is 1. The number of nitrogens with zero attached hydrogens (tertiary/aromatic N) is 2. The molecule has 1 amide bonds. The van der Waals surface area contributed by atoms with Gasteiger partial charge in [-0.25, -0.2) is 0 Å². The Morgan fingerprint density at radius 3 is 2.32 bits per heavy atom. The number of carbonyl (C=O) groups is 1. The van der Waals surface area contributed by atoms with Crippen LogP contribution in [0.1, 0.15) is 51.0 Å². The number of likely N-dealkylation sites (tertiary alicyclic amines) is 1. The largest absolute Gasteiger partial charge is 0.397 e. The van der Waals surface area contributed by atoms with Gasteiger partial charge < -0.3 is 16.0 Å². The summed E-state index contributed by atoms with van der Waals surface area (Å²) in [5, 5.41) is 12.0. The average Bonchev–Trinajstić information content (AvgIpc) is 2.66. The zero-order valence-electron chi connectivity index (χ0n) is 16.8. The molecule has 1 saturated heterocycles. The van der Waals surface area contributed by atoms with Crippen LogP contribution in [-0.2, 0) is 0 Å². The van der Waals surface area contributed by atoms with Crippen molar-refractivity contribution in [3.63, 3.8) is 0 Å².